The average molecular weight is 413 g/mol. The third kappa shape index (κ3) is 2.08. The standard InChI is InChI=1S/C19H17BrN4O2/c1-18(2,3)24-9-10(8-21)15-16(24)23-14(25)7-19(15)12-6-11(20)4-5-13(12)22-17(19)26/h4-6,9H,7H2,1-3H3,(H,22,26)(H,23,25)/t19-/m1/s1. The molecule has 1 aromatic heterocycles. The lowest BCUT2D eigenvalue weighted by Gasteiger charge is -2.34. The minimum absolute atomic E-state index is 0.0296. The zero-order valence-corrected chi connectivity index (χ0v) is 16.2. The Morgan fingerprint density at radius 1 is 1.27 bits per heavy atom. The Bertz CT molecular complexity index is 1030. The van der Waals surface area contributed by atoms with E-state index in [1.54, 1.807) is 6.20 Å². The van der Waals surface area contributed by atoms with Gasteiger partial charge < -0.3 is 15.2 Å². The normalized spacial score (nSPS) is 21.0. The zero-order chi connectivity index (χ0) is 18.9. The summed E-state index contributed by atoms with van der Waals surface area (Å²) in [7, 11) is 0. The van der Waals surface area contributed by atoms with Crippen LogP contribution in [-0.4, -0.2) is 16.4 Å². The number of halogens is 1. The van der Waals surface area contributed by atoms with Gasteiger partial charge in [-0.1, -0.05) is 15.9 Å². The lowest BCUT2D eigenvalue weighted by atomic mass is 9.70. The highest BCUT2D eigenvalue weighted by atomic mass is 79.9. The van der Waals surface area contributed by atoms with Crippen molar-refractivity contribution in [2.24, 2.45) is 0 Å². The smallest absolute Gasteiger partial charge is 0.240 e. The van der Waals surface area contributed by atoms with Gasteiger partial charge in [-0.05, 0) is 44.5 Å². The van der Waals surface area contributed by atoms with Gasteiger partial charge in [0.2, 0.25) is 11.8 Å². The van der Waals surface area contributed by atoms with Gasteiger partial charge in [-0.3, -0.25) is 9.59 Å². The van der Waals surface area contributed by atoms with Gasteiger partial charge in [-0.2, -0.15) is 5.26 Å². The van der Waals surface area contributed by atoms with Gasteiger partial charge in [0.25, 0.3) is 0 Å². The molecule has 0 bridgehead atoms. The maximum atomic E-state index is 13.1. The lowest BCUT2D eigenvalue weighted by molar-refractivity contribution is -0.125. The number of carbonyl (C=O) groups excluding carboxylic acids is 2. The second kappa shape index (κ2) is 5.21. The minimum Gasteiger partial charge on any atom is -0.328 e. The maximum absolute atomic E-state index is 13.1. The number of nitrogens with zero attached hydrogens (tertiary/aromatic N) is 2. The molecule has 0 fully saturated rings. The van der Waals surface area contributed by atoms with Crippen molar-refractivity contribution in [3.05, 3.63) is 45.6 Å². The van der Waals surface area contributed by atoms with Gasteiger partial charge in [-0.25, -0.2) is 0 Å². The molecule has 0 aliphatic carbocycles. The molecule has 0 unspecified atom stereocenters. The fourth-order valence-electron chi connectivity index (χ4n) is 3.93. The highest BCUT2D eigenvalue weighted by Gasteiger charge is 2.55. The van der Waals surface area contributed by atoms with Crippen molar-refractivity contribution in [2.75, 3.05) is 10.6 Å². The molecular weight excluding hydrogens is 396 g/mol. The van der Waals surface area contributed by atoms with Crippen LogP contribution in [0.2, 0.25) is 0 Å². The van der Waals surface area contributed by atoms with E-state index in [2.05, 4.69) is 32.6 Å². The molecule has 2 aliphatic rings. The van der Waals surface area contributed by atoms with Gasteiger partial charge in [0.1, 0.15) is 17.3 Å². The number of nitrogens with one attached hydrogen (secondary N) is 2. The quantitative estimate of drug-likeness (QED) is 0.694. The summed E-state index contributed by atoms with van der Waals surface area (Å²) in [6.45, 7) is 5.96. The van der Waals surface area contributed by atoms with Gasteiger partial charge in [0, 0.05) is 33.9 Å². The van der Waals surface area contributed by atoms with Crippen LogP contribution >= 0.6 is 15.9 Å². The van der Waals surface area contributed by atoms with Crippen molar-refractivity contribution in [3.63, 3.8) is 0 Å². The second-order valence-electron chi connectivity index (χ2n) is 7.69. The Balaban J connectivity index is 2.12. The number of hydrogen-bond acceptors (Lipinski definition) is 3. The molecule has 3 heterocycles. The Hall–Kier alpha value is -2.59. The Labute approximate surface area is 159 Å². The van der Waals surface area contributed by atoms with Gasteiger partial charge in [0.05, 0.1) is 5.56 Å². The Kier molecular flexibility index (Phi) is 3.38. The maximum Gasteiger partial charge on any atom is 0.240 e. The number of rotatable bonds is 0. The Morgan fingerprint density at radius 3 is 2.65 bits per heavy atom. The molecule has 26 heavy (non-hydrogen) atoms. The third-order valence-electron chi connectivity index (χ3n) is 5.04. The van der Waals surface area contributed by atoms with E-state index in [0.29, 0.717) is 22.6 Å². The van der Waals surface area contributed by atoms with Gasteiger partial charge in [-0.15, -0.1) is 0 Å². The summed E-state index contributed by atoms with van der Waals surface area (Å²) in [4.78, 5) is 25.7. The topological polar surface area (TPSA) is 86.9 Å². The largest absolute Gasteiger partial charge is 0.328 e. The number of hydrogen-bond donors (Lipinski definition) is 2. The SMILES string of the molecule is CC(C)(C)n1cc(C#N)c2c1NC(=O)C[C@]21C(=O)Nc2ccc(Br)cc21. The van der Waals surface area contributed by atoms with Crippen molar-refractivity contribution in [3.8, 4) is 6.07 Å². The van der Waals surface area contributed by atoms with Gasteiger partial charge >= 0.3 is 0 Å². The van der Waals surface area contributed by atoms with Crippen LogP contribution in [0.25, 0.3) is 0 Å². The van der Waals surface area contributed by atoms with E-state index < -0.39 is 5.41 Å². The molecule has 1 spiro atoms. The Morgan fingerprint density at radius 2 is 2.00 bits per heavy atom. The molecule has 0 saturated heterocycles. The van der Waals surface area contributed by atoms with E-state index in [1.807, 2.05) is 43.5 Å². The van der Waals surface area contributed by atoms with Gasteiger partial charge in [0.15, 0.2) is 0 Å². The van der Waals surface area contributed by atoms with Crippen LogP contribution in [0, 0.1) is 11.3 Å². The fraction of sp³-hybridized carbons (Fsp3) is 0.316. The summed E-state index contributed by atoms with van der Waals surface area (Å²) in [6.07, 6.45) is 1.69. The molecule has 6 nitrogen and oxygen atoms in total. The number of aromatic nitrogens is 1. The first-order chi connectivity index (χ1) is 12.2. The van der Waals surface area contributed by atoms with Crippen LogP contribution in [0.5, 0.6) is 0 Å². The first-order valence-electron chi connectivity index (χ1n) is 8.26. The summed E-state index contributed by atoms with van der Waals surface area (Å²) in [6, 6.07) is 7.72. The van der Waals surface area contributed by atoms with E-state index >= 15 is 0 Å². The van der Waals surface area contributed by atoms with Crippen LogP contribution in [-0.2, 0) is 20.5 Å². The molecule has 2 aliphatic heterocycles. The van der Waals surface area contributed by atoms with E-state index in [1.165, 1.54) is 0 Å². The highest BCUT2D eigenvalue weighted by Crippen LogP contribution is 2.52. The van der Waals surface area contributed by atoms with Crippen LogP contribution in [0.3, 0.4) is 0 Å². The molecule has 2 N–H and O–H groups in total. The first-order valence-corrected chi connectivity index (χ1v) is 9.05. The number of anilines is 2. The van der Waals surface area contributed by atoms with Crippen LogP contribution in [0.4, 0.5) is 11.5 Å². The first kappa shape index (κ1) is 16.9. The number of carbonyl (C=O) groups is 2. The molecule has 132 valence electrons. The second-order valence-corrected chi connectivity index (χ2v) is 8.61. The summed E-state index contributed by atoms with van der Waals surface area (Å²) in [5.74, 6) is 0.00620. The molecule has 0 radical (unpaired) electrons. The average Bonchev–Trinajstić information content (AvgIpc) is 3.05. The molecule has 2 aromatic rings. The van der Waals surface area contributed by atoms with E-state index in [9.17, 15) is 14.9 Å². The molecule has 1 aromatic carbocycles. The minimum atomic E-state index is -1.20. The van der Waals surface area contributed by atoms with Crippen molar-refractivity contribution >= 4 is 39.2 Å². The lowest BCUT2D eigenvalue weighted by Crippen LogP contribution is -2.44. The summed E-state index contributed by atoms with van der Waals surface area (Å²) in [5, 5.41) is 15.5. The number of amides is 2. The highest BCUT2D eigenvalue weighted by molar-refractivity contribution is 9.10. The predicted octanol–water partition coefficient (Wildman–Crippen LogP) is 3.46. The van der Waals surface area contributed by atoms with E-state index in [4.69, 9.17) is 0 Å². The molecule has 7 heteroatoms. The molecular formula is C19H17BrN4O2. The number of nitriles is 1. The zero-order valence-electron chi connectivity index (χ0n) is 14.6. The third-order valence-corrected chi connectivity index (χ3v) is 5.53. The van der Waals surface area contributed by atoms with Crippen LogP contribution < -0.4 is 10.6 Å². The van der Waals surface area contributed by atoms with E-state index in [0.717, 1.165) is 10.0 Å². The molecule has 4 rings (SSSR count). The van der Waals surface area contributed by atoms with Crippen molar-refractivity contribution < 1.29 is 9.59 Å². The monoisotopic (exact) mass is 412 g/mol. The number of benzene rings is 1. The van der Waals surface area contributed by atoms with Crippen molar-refractivity contribution in [2.45, 2.75) is 38.1 Å². The fourth-order valence-corrected chi connectivity index (χ4v) is 4.29. The van der Waals surface area contributed by atoms with Crippen molar-refractivity contribution in [1.29, 1.82) is 5.26 Å². The van der Waals surface area contributed by atoms with Crippen LogP contribution in [0.1, 0.15) is 43.9 Å². The summed E-state index contributed by atoms with van der Waals surface area (Å²) in [5.41, 5.74) is 0.808. The summed E-state index contributed by atoms with van der Waals surface area (Å²) >= 11 is 3.45. The van der Waals surface area contributed by atoms with Crippen LogP contribution in [0.15, 0.2) is 28.9 Å². The molecule has 0 saturated carbocycles. The molecule has 1 atom stereocenters. The molecule has 2 amide bonds. The van der Waals surface area contributed by atoms with Crippen molar-refractivity contribution in [1.82, 2.24) is 4.57 Å². The summed E-state index contributed by atoms with van der Waals surface area (Å²) < 4.78 is 2.68. The number of fused-ring (bicyclic) bond motifs is 4. The van der Waals surface area contributed by atoms with E-state index in [-0.39, 0.29) is 23.8 Å². The predicted molar refractivity (Wildman–Crippen MR) is 101 cm³/mol.